The molecule has 0 fully saturated rings. The first-order valence-electron chi connectivity index (χ1n) is 1.83. The number of hydrogen-bond donors (Lipinski definition) is 3. The van der Waals surface area contributed by atoms with E-state index in [4.69, 9.17) is 24.8 Å². The van der Waals surface area contributed by atoms with Crippen molar-refractivity contribution < 1.29 is 13.3 Å². The Morgan fingerprint density at radius 2 is 1.62 bits per heavy atom. The van der Waals surface area contributed by atoms with Crippen molar-refractivity contribution in [3.05, 3.63) is 0 Å². The van der Waals surface area contributed by atoms with E-state index < -0.39 is 11.4 Å². The van der Waals surface area contributed by atoms with Crippen LogP contribution in [0.25, 0.3) is 0 Å². The second kappa shape index (κ2) is 10.1. The molecule has 0 aromatic heterocycles. The highest BCUT2D eigenvalue weighted by Crippen LogP contribution is 1.43. The highest BCUT2D eigenvalue weighted by Gasteiger charge is 1.54. The summed E-state index contributed by atoms with van der Waals surface area (Å²) in [7, 11) is 0. The largest absolute Gasteiger partial charge is 0.750 e. The van der Waals surface area contributed by atoms with Gasteiger partial charge in [-0.3, -0.25) is 0 Å². The number of rotatable bonds is 1. The minimum absolute atomic E-state index is 0.597. The zero-order chi connectivity index (χ0) is 6.99. The Morgan fingerprint density at radius 1 is 1.50 bits per heavy atom. The second-order valence-electron chi connectivity index (χ2n) is 0.794. The molecule has 1 atom stereocenters. The molecule has 5 N–H and O–H groups in total. The molecule has 0 saturated heterocycles. The average Bonchev–Trinajstić information content (AvgIpc) is 1.65. The standard InChI is InChI=1S/C2H8N2.H2O3S/c3-1-2-4;1-4(2)3/h1-4H2;(H2,1,2,3)/p-1. The fourth-order valence-electron chi connectivity index (χ4n) is 0. The van der Waals surface area contributed by atoms with Crippen LogP contribution in [0.15, 0.2) is 0 Å². The van der Waals surface area contributed by atoms with Crippen LogP contribution in [0.1, 0.15) is 0 Å². The van der Waals surface area contributed by atoms with Gasteiger partial charge in [-0.1, -0.05) is 0 Å². The van der Waals surface area contributed by atoms with Crippen molar-refractivity contribution in [3.63, 3.8) is 0 Å². The Morgan fingerprint density at radius 3 is 1.62 bits per heavy atom. The fraction of sp³-hybridized carbons (Fsp3) is 1.00. The maximum Gasteiger partial charge on any atom is 0.0814 e. The summed E-state index contributed by atoms with van der Waals surface area (Å²) in [4.78, 5) is 0. The van der Waals surface area contributed by atoms with E-state index in [1.54, 1.807) is 0 Å². The molecule has 0 bridgehead atoms. The minimum atomic E-state index is -2.86. The molecule has 0 aromatic carbocycles. The van der Waals surface area contributed by atoms with E-state index in [9.17, 15) is 0 Å². The Kier molecular flexibility index (Phi) is 13.7. The summed E-state index contributed by atoms with van der Waals surface area (Å²) in [6, 6.07) is 0. The van der Waals surface area contributed by atoms with Gasteiger partial charge in [-0.25, -0.2) is 4.21 Å². The zero-order valence-electron chi connectivity index (χ0n) is 4.24. The van der Waals surface area contributed by atoms with Crippen LogP contribution in [0.2, 0.25) is 0 Å². The van der Waals surface area contributed by atoms with Crippen LogP contribution in [0, 0.1) is 0 Å². The van der Waals surface area contributed by atoms with Crippen molar-refractivity contribution in [3.8, 4) is 0 Å². The topological polar surface area (TPSA) is 112 Å². The third-order valence-electron chi connectivity index (χ3n) is 0.167. The van der Waals surface area contributed by atoms with Crippen molar-refractivity contribution in [1.29, 1.82) is 0 Å². The van der Waals surface area contributed by atoms with Crippen molar-refractivity contribution in [2.45, 2.75) is 0 Å². The van der Waals surface area contributed by atoms with Crippen LogP contribution in [0.4, 0.5) is 0 Å². The van der Waals surface area contributed by atoms with E-state index in [1.165, 1.54) is 0 Å². The van der Waals surface area contributed by atoms with E-state index in [-0.39, 0.29) is 0 Å². The van der Waals surface area contributed by atoms with Crippen LogP contribution in [0.5, 0.6) is 0 Å². The molecule has 0 amide bonds. The molecular weight excluding hydrogens is 132 g/mol. The molecule has 0 heterocycles. The van der Waals surface area contributed by atoms with Gasteiger partial charge in [0.2, 0.25) is 0 Å². The average molecular weight is 141 g/mol. The Hall–Kier alpha value is -0.0100. The van der Waals surface area contributed by atoms with Crippen LogP contribution in [0.3, 0.4) is 0 Å². The molecule has 0 radical (unpaired) electrons. The molecule has 6 heteroatoms. The number of hydrogen-bond acceptors (Lipinski definition) is 4. The first-order chi connectivity index (χ1) is 3.65. The molecule has 0 aliphatic heterocycles. The van der Waals surface area contributed by atoms with Gasteiger partial charge in [0.1, 0.15) is 0 Å². The molecule has 0 aromatic rings. The summed E-state index contributed by atoms with van der Waals surface area (Å²) in [5, 5.41) is 0. The van der Waals surface area contributed by atoms with E-state index in [1.807, 2.05) is 0 Å². The van der Waals surface area contributed by atoms with Gasteiger partial charge < -0.3 is 20.6 Å². The Labute approximate surface area is 50.2 Å². The van der Waals surface area contributed by atoms with Gasteiger partial charge in [-0.2, -0.15) is 0 Å². The maximum atomic E-state index is 8.56. The summed E-state index contributed by atoms with van der Waals surface area (Å²) in [5.74, 6) is 0. The van der Waals surface area contributed by atoms with Crippen LogP contribution < -0.4 is 11.5 Å². The predicted octanol–water partition coefficient (Wildman–Crippen LogP) is -1.76. The minimum Gasteiger partial charge on any atom is -0.750 e. The van der Waals surface area contributed by atoms with Gasteiger partial charge in [0.15, 0.2) is 0 Å². The lowest BCUT2D eigenvalue weighted by atomic mass is 10.7. The molecule has 8 heavy (non-hydrogen) atoms. The summed E-state index contributed by atoms with van der Waals surface area (Å²) >= 11 is -2.86. The quantitative estimate of drug-likeness (QED) is 0.374. The van der Waals surface area contributed by atoms with Crippen molar-refractivity contribution in [2.75, 3.05) is 13.1 Å². The molecule has 0 saturated carbocycles. The fourth-order valence-corrected chi connectivity index (χ4v) is 0. The normalized spacial score (nSPS) is 11.5. The molecule has 1 unspecified atom stereocenters. The smallest absolute Gasteiger partial charge is 0.0814 e. The van der Waals surface area contributed by atoms with Crippen LogP contribution in [-0.4, -0.2) is 26.4 Å². The molecule has 0 aliphatic carbocycles. The van der Waals surface area contributed by atoms with Crippen molar-refractivity contribution in [1.82, 2.24) is 0 Å². The van der Waals surface area contributed by atoms with Gasteiger partial charge in [0.05, 0.1) is 11.4 Å². The van der Waals surface area contributed by atoms with Gasteiger partial charge in [0, 0.05) is 13.1 Å². The van der Waals surface area contributed by atoms with Gasteiger partial charge >= 0.3 is 0 Å². The lowest BCUT2D eigenvalue weighted by Gasteiger charge is -1.83. The zero-order valence-corrected chi connectivity index (χ0v) is 5.06. The molecule has 5 nitrogen and oxygen atoms in total. The van der Waals surface area contributed by atoms with E-state index >= 15 is 0 Å². The van der Waals surface area contributed by atoms with Crippen molar-refractivity contribution in [2.24, 2.45) is 11.5 Å². The van der Waals surface area contributed by atoms with Crippen LogP contribution >= 0.6 is 0 Å². The summed E-state index contributed by atoms with van der Waals surface area (Å²) in [6.07, 6.45) is 0. The Balaban J connectivity index is 0. The number of nitrogens with two attached hydrogens (primary N) is 2. The van der Waals surface area contributed by atoms with E-state index in [0.29, 0.717) is 13.1 Å². The third-order valence-corrected chi connectivity index (χ3v) is 0.167. The van der Waals surface area contributed by atoms with Gasteiger partial charge in [-0.15, -0.1) is 0 Å². The molecule has 0 aliphatic rings. The lowest BCUT2D eigenvalue weighted by molar-refractivity contribution is 0.436. The molecule has 0 spiro atoms. The monoisotopic (exact) mass is 141 g/mol. The highest BCUT2D eigenvalue weighted by molar-refractivity contribution is 7.73. The first-order valence-corrected chi connectivity index (χ1v) is 2.86. The predicted molar refractivity (Wildman–Crippen MR) is 29.7 cm³/mol. The summed E-state index contributed by atoms with van der Waals surface area (Å²) < 4.78 is 24.1. The van der Waals surface area contributed by atoms with Crippen LogP contribution in [-0.2, 0) is 11.4 Å². The van der Waals surface area contributed by atoms with E-state index in [0.717, 1.165) is 0 Å². The first kappa shape index (κ1) is 10.9. The molecular formula is C2H9N2O3S-. The van der Waals surface area contributed by atoms with Gasteiger partial charge in [-0.05, 0) is 0 Å². The lowest BCUT2D eigenvalue weighted by Crippen LogP contribution is -2.11. The van der Waals surface area contributed by atoms with Gasteiger partial charge in [0.25, 0.3) is 0 Å². The Bertz CT molecular complexity index is 53.2. The SMILES string of the molecule is NCCN.O=S([O-])O. The molecule has 52 valence electrons. The second-order valence-corrected chi connectivity index (χ2v) is 1.23. The maximum absolute atomic E-state index is 8.56. The summed E-state index contributed by atoms with van der Waals surface area (Å²) in [5.41, 5.74) is 9.81. The van der Waals surface area contributed by atoms with Crippen molar-refractivity contribution >= 4 is 11.4 Å². The van der Waals surface area contributed by atoms with E-state index in [2.05, 4.69) is 0 Å². The highest BCUT2D eigenvalue weighted by atomic mass is 32.2. The summed E-state index contributed by atoms with van der Waals surface area (Å²) in [6.45, 7) is 1.19. The third kappa shape index (κ3) is 152. The molecule has 0 rings (SSSR count).